The first kappa shape index (κ1) is 13.1. The second kappa shape index (κ2) is 6.01. The van der Waals surface area contributed by atoms with Crippen molar-refractivity contribution in [3.63, 3.8) is 0 Å². The summed E-state index contributed by atoms with van der Waals surface area (Å²) < 4.78 is 0. The van der Waals surface area contributed by atoms with E-state index in [1.165, 1.54) is 0 Å². The summed E-state index contributed by atoms with van der Waals surface area (Å²) >= 11 is 0. The summed E-state index contributed by atoms with van der Waals surface area (Å²) in [5, 5.41) is 12.4. The van der Waals surface area contributed by atoms with Crippen LogP contribution in [0.3, 0.4) is 0 Å². The van der Waals surface area contributed by atoms with Crippen molar-refractivity contribution in [2.45, 2.75) is 13.3 Å². The molecule has 0 spiro atoms. The van der Waals surface area contributed by atoms with Crippen molar-refractivity contribution < 1.29 is 5.11 Å². The van der Waals surface area contributed by atoms with Crippen LogP contribution >= 0.6 is 0 Å². The van der Waals surface area contributed by atoms with Crippen LogP contribution < -0.4 is 16.6 Å². The molecule has 0 saturated carbocycles. The first-order valence-electron chi connectivity index (χ1n) is 6.01. The number of phenols is 1. The highest BCUT2D eigenvalue weighted by molar-refractivity contribution is 5.46. The van der Waals surface area contributed by atoms with E-state index in [1.807, 2.05) is 19.1 Å². The summed E-state index contributed by atoms with van der Waals surface area (Å²) in [5.41, 5.74) is 3.65. The molecule has 0 fully saturated rings. The van der Waals surface area contributed by atoms with Gasteiger partial charge in [-0.25, -0.2) is 15.8 Å². The lowest BCUT2D eigenvalue weighted by molar-refractivity contribution is 0.475. The number of aromatic hydroxyl groups is 1. The molecule has 0 aliphatic carbocycles. The van der Waals surface area contributed by atoms with Crippen LogP contribution in [0.1, 0.15) is 11.4 Å². The average Bonchev–Trinajstić information content (AvgIpc) is 2.40. The number of rotatable bonds is 5. The van der Waals surface area contributed by atoms with Crippen LogP contribution in [0.15, 0.2) is 30.3 Å². The Morgan fingerprint density at radius 1 is 1.16 bits per heavy atom. The molecule has 6 heteroatoms. The smallest absolute Gasteiger partial charge is 0.145 e. The Morgan fingerprint density at radius 3 is 2.53 bits per heavy atom. The Morgan fingerprint density at radius 2 is 1.84 bits per heavy atom. The number of nitrogens with zero attached hydrogens (tertiary/aromatic N) is 2. The van der Waals surface area contributed by atoms with Gasteiger partial charge in [-0.15, -0.1) is 0 Å². The van der Waals surface area contributed by atoms with Gasteiger partial charge < -0.3 is 15.8 Å². The molecule has 1 aromatic carbocycles. The molecule has 0 amide bonds. The number of nitrogens with one attached hydrogen (secondary N) is 2. The normalized spacial score (nSPS) is 10.2. The first-order valence-corrected chi connectivity index (χ1v) is 6.01. The molecule has 19 heavy (non-hydrogen) atoms. The molecule has 1 aromatic heterocycles. The van der Waals surface area contributed by atoms with Gasteiger partial charge in [0.15, 0.2) is 0 Å². The third kappa shape index (κ3) is 3.82. The highest BCUT2D eigenvalue weighted by atomic mass is 16.3. The van der Waals surface area contributed by atoms with E-state index >= 15 is 0 Å². The van der Waals surface area contributed by atoms with Gasteiger partial charge in [-0.3, -0.25) is 0 Å². The maximum Gasteiger partial charge on any atom is 0.145 e. The van der Waals surface area contributed by atoms with E-state index in [4.69, 9.17) is 5.84 Å². The fourth-order valence-corrected chi connectivity index (χ4v) is 1.73. The summed E-state index contributed by atoms with van der Waals surface area (Å²) in [5.74, 6) is 7.58. The SMILES string of the molecule is Cc1nc(NN)cc(NCCc2ccc(O)cc2)n1. The molecule has 0 atom stereocenters. The largest absolute Gasteiger partial charge is 0.508 e. The molecular formula is C13H17N5O. The van der Waals surface area contributed by atoms with Crippen molar-refractivity contribution in [3.05, 3.63) is 41.7 Å². The molecular weight excluding hydrogens is 242 g/mol. The lowest BCUT2D eigenvalue weighted by atomic mass is 10.1. The third-order valence-electron chi connectivity index (χ3n) is 2.64. The van der Waals surface area contributed by atoms with Crippen LogP contribution in [0.25, 0.3) is 0 Å². The predicted molar refractivity (Wildman–Crippen MR) is 74.9 cm³/mol. The van der Waals surface area contributed by atoms with E-state index in [1.54, 1.807) is 18.2 Å². The van der Waals surface area contributed by atoms with Crippen LogP contribution in [0.2, 0.25) is 0 Å². The van der Waals surface area contributed by atoms with Crippen LogP contribution in [0, 0.1) is 6.92 Å². The zero-order chi connectivity index (χ0) is 13.7. The second-order valence-electron chi connectivity index (χ2n) is 4.17. The van der Waals surface area contributed by atoms with Crippen molar-refractivity contribution in [2.24, 2.45) is 5.84 Å². The molecule has 2 aromatic rings. The second-order valence-corrected chi connectivity index (χ2v) is 4.17. The summed E-state index contributed by atoms with van der Waals surface area (Å²) in [7, 11) is 0. The maximum absolute atomic E-state index is 9.20. The van der Waals surface area contributed by atoms with Gasteiger partial charge in [0, 0.05) is 12.6 Å². The van der Waals surface area contributed by atoms with Crippen molar-refractivity contribution in [1.29, 1.82) is 0 Å². The molecule has 1 heterocycles. The maximum atomic E-state index is 9.20. The van der Waals surface area contributed by atoms with E-state index < -0.39 is 0 Å². The Kier molecular flexibility index (Phi) is 4.15. The number of benzene rings is 1. The Labute approximate surface area is 111 Å². The van der Waals surface area contributed by atoms with Crippen LogP contribution in [-0.4, -0.2) is 21.6 Å². The van der Waals surface area contributed by atoms with Gasteiger partial charge >= 0.3 is 0 Å². The summed E-state index contributed by atoms with van der Waals surface area (Å²) in [4.78, 5) is 8.38. The van der Waals surface area contributed by atoms with E-state index in [9.17, 15) is 5.11 Å². The predicted octanol–water partition coefficient (Wildman–Crippen LogP) is 1.43. The Bertz CT molecular complexity index is 541. The van der Waals surface area contributed by atoms with Gasteiger partial charge in [0.2, 0.25) is 0 Å². The fraction of sp³-hybridized carbons (Fsp3) is 0.231. The number of nitrogens with two attached hydrogens (primary N) is 1. The molecule has 0 aliphatic heterocycles. The molecule has 100 valence electrons. The molecule has 6 nitrogen and oxygen atoms in total. The minimum atomic E-state index is 0.279. The van der Waals surface area contributed by atoms with E-state index in [-0.39, 0.29) is 5.75 Å². The van der Waals surface area contributed by atoms with Gasteiger partial charge in [-0.05, 0) is 31.0 Å². The zero-order valence-electron chi connectivity index (χ0n) is 10.7. The number of aromatic nitrogens is 2. The lowest BCUT2D eigenvalue weighted by Gasteiger charge is -2.08. The van der Waals surface area contributed by atoms with Crippen LogP contribution in [0.4, 0.5) is 11.6 Å². The number of anilines is 2. The summed E-state index contributed by atoms with van der Waals surface area (Å²) in [6.07, 6.45) is 0.842. The molecule has 5 N–H and O–H groups in total. The Hall–Kier alpha value is -2.34. The van der Waals surface area contributed by atoms with Crippen molar-refractivity contribution >= 4 is 11.6 Å². The zero-order valence-corrected chi connectivity index (χ0v) is 10.7. The van der Waals surface area contributed by atoms with Gasteiger partial charge in [-0.2, -0.15) is 0 Å². The first-order chi connectivity index (χ1) is 9.17. The third-order valence-corrected chi connectivity index (χ3v) is 2.64. The molecule has 0 saturated heterocycles. The van der Waals surface area contributed by atoms with Crippen molar-refractivity contribution in [1.82, 2.24) is 9.97 Å². The monoisotopic (exact) mass is 259 g/mol. The molecule has 2 rings (SSSR count). The van der Waals surface area contributed by atoms with Gasteiger partial charge in [0.1, 0.15) is 23.2 Å². The lowest BCUT2D eigenvalue weighted by Crippen LogP contribution is -2.12. The summed E-state index contributed by atoms with van der Waals surface area (Å²) in [6.45, 7) is 2.55. The van der Waals surface area contributed by atoms with E-state index in [0.717, 1.165) is 24.3 Å². The van der Waals surface area contributed by atoms with Gasteiger partial charge in [0.05, 0.1) is 0 Å². The van der Waals surface area contributed by atoms with Gasteiger partial charge in [0.25, 0.3) is 0 Å². The average molecular weight is 259 g/mol. The number of hydrazine groups is 1. The van der Waals surface area contributed by atoms with E-state index in [0.29, 0.717) is 11.6 Å². The van der Waals surface area contributed by atoms with Crippen LogP contribution in [-0.2, 0) is 6.42 Å². The molecule has 0 aliphatic rings. The quantitative estimate of drug-likeness (QED) is 0.479. The highest BCUT2D eigenvalue weighted by Crippen LogP contribution is 2.12. The number of aryl methyl sites for hydroxylation is 1. The minimum absolute atomic E-state index is 0.279. The molecule has 0 bridgehead atoms. The van der Waals surface area contributed by atoms with Crippen molar-refractivity contribution in [2.75, 3.05) is 17.3 Å². The fourth-order valence-electron chi connectivity index (χ4n) is 1.73. The standard InChI is InChI=1S/C13H17N5O/c1-9-16-12(8-13(17-9)18-14)15-7-6-10-2-4-11(19)5-3-10/h2-5,8,19H,6-7,14H2,1H3,(H2,15,16,17,18). The summed E-state index contributed by atoms with van der Waals surface area (Å²) in [6, 6.07) is 8.91. The van der Waals surface area contributed by atoms with E-state index in [2.05, 4.69) is 20.7 Å². The molecule has 0 radical (unpaired) electrons. The Balaban J connectivity index is 1.92. The number of nitrogen functional groups attached to an aromatic ring is 1. The topological polar surface area (TPSA) is 96.1 Å². The molecule has 0 unspecified atom stereocenters. The van der Waals surface area contributed by atoms with Crippen molar-refractivity contribution in [3.8, 4) is 5.75 Å². The number of hydrogen-bond acceptors (Lipinski definition) is 6. The number of phenolic OH excluding ortho intramolecular Hbond substituents is 1. The number of hydrogen-bond donors (Lipinski definition) is 4. The minimum Gasteiger partial charge on any atom is -0.508 e. The van der Waals surface area contributed by atoms with Crippen LogP contribution in [0.5, 0.6) is 5.75 Å². The highest BCUT2D eigenvalue weighted by Gasteiger charge is 2.00. The van der Waals surface area contributed by atoms with Gasteiger partial charge in [-0.1, -0.05) is 12.1 Å².